The molecule has 1 aliphatic heterocycles. The molecule has 62 valence electrons. The van der Waals surface area contributed by atoms with Crippen LogP contribution >= 0.6 is 0 Å². The predicted molar refractivity (Wildman–Crippen MR) is 42.6 cm³/mol. The van der Waals surface area contributed by atoms with Crippen LogP contribution in [0.1, 0.15) is 5.56 Å². The van der Waals surface area contributed by atoms with Gasteiger partial charge in [0.2, 0.25) is 0 Å². The second kappa shape index (κ2) is 2.52. The van der Waals surface area contributed by atoms with Crippen LogP contribution in [-0.2, 0) is 11.2 Å². The smallest absolute Gasteiger partial charge is 0.0699 e. The van der Waals surface area contributed by atoms with E-state index in [0.717, 1.165) is 11.3 Å². The van der Waals surface area contributed by atoms with Gasteiger partial charge in [-0.05, 0) is 18.1 Å². The van der Waals surface area contributed by atoms with Crippen LogP contribution in [0.3, 0.4) is 0 Å². The van der Waals surface area contributed by atoms with Crippen molar-refractivity contribution < 1.29 is 9.90 Å². The van der Waals surface area contributed by atoms with Gasteiger partial charge in [-0.3, -0.25) is 0 Å². The summed E-state index contributed by atoms with van der Waals surface area (Å²) in [5, 5.41) is 13.4. The normalized spacial score (nSPS) is 19.8. The van der Waals surface area contributed by atoms with E-state index in [1.54, 1.807) is 0 Å². The Bertz CT molecular complexity index is 297. The molecule has 1 aliphatic rings. The molecule has 1 aromatic rings. The maximum Gasteiger partial charge on any atom is 0.0699 e. The van der Waals surface area contributed by atoms with E-state index in [0.29, 0.717) is 6.42 Å². The number of anilines is 1. The quantitative estimate of drug-likeness (QED) is 0.620. The molecule has 0 unspecified atom stereocenters. The molecule has 0 radical (unpaired) electrons. The highest BCUT2D eigenvalue weighted by molar-refractivity contribution is 5.79. The van der Waals surface area contributed by atoms with Crippen LogP contribution < -0.4 is 10.4 Å². The first-order valence-corrected chi connectivity index (χ1v) is 3.82. The number of nitrogens with one attached hydrogen (secondary N) is 1. The molecule has 1 heterocycles. The topological polar surface area (TPSA) is 52.2 Å². The van der Waals surface area contributed by atoms with E-state index in [1.807, 2.05) is 24.3 Å². The zero-order chi connectivity index (χ0) is 8.55. The van der Waals surface area contributed by atoms with E-state index in [1.165, 1.54) is 0 Å². The molecule has 0 amide bonds. The minimum Gasteiger partial charge on any atom is -0.548 e. The highest BCUT2D eigenvalue weighted by Gasteiger charge is 2.19. The molecule has 1 aromatic carbocycles. The van der Waals surface area contributed by atoms with Gasteiger partial charge in [0.1, 0.15) is 0 Å². The molecular formula is C9H8NO2-. The van der Waals surface area contributed by atoms with Gasteiger partial charge in [-0.2, -0.15) is 0 Å². The lowest BCUT2D eigenvalue weighted by molar-refractivity contribution is -0.306. The number of hydrogen-bond acceptors (Lipinski definition) is 3. The Balaban J connectivity index is 2.27. The number of para-hydroxylation sites is 1. The Hall–Kier alpha value is -1.51. The van der Waals surface area contributed by atoms with E-state index in [9.17, 15) is 9.90 Å². The fourth-order valence-corrected chi connectivity index (χ4v) is 1.44. The summed E-state index contributed by atoms with van der Waals surface area (Å²) in [6, 6.07) is 7.02. The van der Waals surface area contributed by atoms with Gasteiger partial charge in [-0.25, -0.2) is 0 Å². The number of carboxylic acids is 1. The molecule has 1 N–H and O–H groups in total. The summed E-state index contributed by atoms with van der Waals surface area (Å²) in [5.74, 6) is -1.04. The molecule has 0 spiro atoms. The van der Waals surface area contributed by atoms with Crippen LogP contribution in [0.15, 0.2) is 24.3 Å². The van der Waals surface area contributed by atoms with Crippen molar-refractivity contribution in [1.29, 1.82) is 0 Å². The van der Waals surface area contributed by atoms with Crippen LogP contribution in [-0.4, -0.2) is 12.0 Å². The highest BCUT2D eigenvalue weighted by atomic mass is 16.4. The standard InChI is InChI=1S/C9H9NO2/c11-9(12)8-5-6-3-1-2-4-7(6)10-8/h1-4,8,10H,5H2,(H,11,12)/p-1/t8-/m0/s1. The Morgan fingerprint density at radius 3 is 2.92 bits per heavy atom. The van der Waals surface area contributed by atoms with E-state index >= 15 is 0 Å². The second-order valence-corrected chi connectivity index (χ2v) is 2.88. The van der Waals surface area contributed by atoms with Crippen molar-refractivity contribution in [2.45, 2.75) is 12.5 Å². The van der Waals surface area contributed by atoms with E-state index < -0.39 is 12.0 Å². The zero-order valence-corrected chi connectivity index (χ0v) is 6.41. The van der Waals surface area contributed by atoms with Crippen molar-refractivity contribution >= 4 is 11.7 Å². The minimum atomic E-state index is -1.04. The molecular weight excluding hydrogens is 154 g/mol. The number of benzene rings is 1. The molecule has 1 atom stereocenters. The van der Waals surface area contributed by atoms with Crippen LogP contribution in [0.4, 0.5) is 5.69 Å². The second-order valence-electron chi connectivity index (χ2n) is 2.88. The number of fused-ring (bicyclic) bond motifs is 1. The first-order valence-electron chi connectivity index (χ1n) is 3.82. The van der Waals surface area contributed by atoms with Gasteiger partial charge in [0, 0.05) is 5.69 Å². The van der Waals surface area contributed by atoms with Gasteiger partial charge < -0.3 is 15.2 Å². The highest BCUT2D eigenvalue weighted by Crippen LogP contribution is 2.24. The predicted octanol–water partition coefficient (Wildman–Crippen LogP) is -0.227. The van der Waals surface area contributed by atoms with Crippen LogP contribution in [0, 0.1) is 0 Å². The fourth-order valence-electron chi connectivity index (χ4n) is 1.44. The third kappa shape index (κ3) is 1.03. The van der Waals surface area contributed by atoms with E-state index in [2.05, 4.69) is 5.32 Å². The molecule has 0 saturated carbocycles. The van der Waals surface area contributed by atoms with E-state index in [-0.39, 0.29) is 0 Å². The number of carbonyl (C=O) groups excluding carboxylic acids is 1. The number of carbonyl (C=O) groups is 1. The van der Waals surface area contributed by atoms with Crippen molar-refractivity contribution in [3.63, 3.8) is 0 Å². The summed E-state index contributed by atoms with van der Waals surface area (Å²) in [6.45, 7) is 0. The van der Waals surface area contributed by atoms with Crippen LogP contribution in [0.25, 0.3) is 0 Å². The van der Waals surface area contributed by atoms with Gasteiger partial charge in [0.15, 0.2) is 0 Å². The lowest BCUT2D eigenvalue weighted by Gasteiger charge is -2.10. The number of aliphatic carboxylic acids is 1. The summed E-state index contributed by atoms with van der Waals surface area (Å²) < 4.78 is 0. The van der Waals surface area contributed by atoms with Gasteiger partial charge >= 0.3 is 0 Å². The van der Waals surface area contributed by atoms with Gasteiger partial charge in [-0.1, -0.05) is 18.2 Å². The number of rotatable bonds is 1. The monoisotopic (exact) mass is 162 g/mol. The largest absolute Gasteiger partial charge is 0.548 e. The molecule has 0 bridgehead atoms. The van der Waals surface area contributed by atoms with Crippen LogP contribution in [0.2, 0.25) is 0 Å². The molecule has 0 saturated heterocycles. The SMILES string of the molecule is O=C([O-])[C@@H]1Cc2ccccc2N1. The fraction of sp³-hybridized carbons (Fsp3) is 0.222. The van der Waals surface area contributed by atoms with Crippen molar-refractivity contribution in [2.24, 2.45) is 0 Å². The third-order valence-corrected chi connectivity index (χ3v) is 2.06. The van der Waals surface area contributed by atoms with Crippen molar-refractivity contribution in [3.05, 3.63) is 29.8 Å². The average molecular weight is 162 g/mol. The Morgan fingerprint density at radius 1 is 1.50 bits per heavy atom. The Labute approximate surface area is 70.0 Å². The molecule has 3 heteroatoms. The number of hydrogen-bond donors (Lipinski definition) is 1. The first kappa shape index (κ1) is 7.16. The minimum absolute atomic E-state index is 0.526. The molecule has 0 aromatic heterocycles. The van der Waals surface area contributed by atoms with Crippen molar-refractivity contribution in [3.8, 4) is 0 Å². The summed E-state index contributed by atoms with van der Waals surface area (Å²) in [5.41, 5.74) is 1.96. The van der Waals surface area contributed by atoms with Crippen molar-refractivity contribution in [2.75, 3.05) is 5.32 Å². The Kier molecular flexibility index (Phi) is 1.50. The van der Waals surface area contributed by atoms with E-state index in [4.69, 9.17) is 0 Å². The maximum absolute atomic E-state index is 10.5. The number of carboxylic acid groups (broad SMARTS) is 1. The maximum atomic E-state index is 10.5. The molecule has 0 aliphatic carbocycles. The van der Waals surface area contributed by atoms with Gasteiger partial charge in [0.25, 0.3) is 0 Å². The summed E-state index contributed by atoms with van der Waals surface area (Å²) >= 11 is 0. The molecule has 12 heavy (non-hydrogen) atoms. The Morgan fingerprint density at radius 2 is 2.25 bits per heavy atom. The average Bonchev–Trinajstić information content (AvgIpc) is 2.46. The lowest BCUT2D eigenvalue weighted by Crippen LogP contribution is -2.39. The van der Waals surface area contributed by atoms with Gasteiger partial charge in [0.05, 0.1) is 12.0 Å². The van der Waals surface area contributed by atoms with Gasteiger partial charge in [-0.15, -0.1) is 0 Å². The lowest BCUT2D eigenvalue weighted by atomic mass is 10.1. The van der Waals surface area contributed by atoms with Crippen molar-refractivity contribution in [1.82, 2.24) is 0 Å². The summed E-state index contributed by atoms with van der Waals surface area (Å²) in [4.78, 5) is 10.5. The van der Waals surface area contributed by atoms with Crippen LogP contribution in [0.5, 0.6) is 0 Å². The summed E-state index contributed by atoms with van der Waals surface area (Å²) in [7, 11) is 0. The molecule has 0 fully saturated rings. The summed E-state index contributed by atoms with van der Waals surface area (Å²) in [6.07, 6.45) is 0.526. The third-order valence-electron chi connectivity index (χ3n) is 2.06. The molecule has 2 rings (SSSR count). The molecule has 3 nitrogen and oxygen atoms in total. The zero-order valence-electron chi connectivity index (χ0n) is 6.41. The first-order chi connectivity index (χ1) is 5.77.